The minimum absolute atomic E-state index is 0. The molecule has 0 rings (SSSR count). The average Bonchev–Trinajstić information content (AvgIpc) is 2.14. The molecule has 0 aromatic heterocycles. The minimum atomic E-state index is 0. The summed E-state index contributed by atoms with van der Waals surface area (Å²) in [5.74, 6) is 0.934. The molecular formula is C9H22Cl2N2OS. The van der Waals surface area contributed by atoms with E-state index in [1.54, 1.807) is 0 Å². The van der Waals surface area contributed by atoms with E-state index in [2.05, 4.69) is 0 Å². The molecule has 3 nitrogen and oxygen atoms in total. The zero-order valence-electron chi connectivity index (χ0n) is 8.94. The third-order valence-electron chi connectivity index (χ3n) is 1.70. The van der Waals surface area contributed by atoms with Gasteiger partial charge in [0.1, 0.15) is 0 Å². The van der Waals surface area contributed by atoms with Crippen LogP contribution in [0.15, 0.2) is 0 Å². The van der Waals surface area contributed by atoms with Gasteiger partial charge < -0.3 is 11.5 Å². The number of hydrogen-bond donors (Lipinski definition) is 2. The lowest BCUT2D eigenvalue weighted by Crippen LogP contribution is -2.02. The van der Waals surface area contributed by atoms with E-state index >= 15 is 0 Å². The molecule has 15 heavy (non-hydrogen) atoms. The molecule has 0 aromatic carbocycles. The summed E-state index contributed by atoms with van der Waals surface area (Å²) in [7, 11) is 0. The van der Waals surface area contributed by atoms with E-state index in [4.69, 9.17) is 11.5 Å². The maximum Gasteiger partial charge on any atom is 0.188 e. The van der Waals surface area contributed by atoms with Gasteiger partial charge in [0, 0.05) is 12.2 Å². The summed E-state index contributed by atoms with van der Waals surface area (Å²) in [5.41, 5.74) is 10.6. The molecule has 4 N–H and O–H groups in total. The number of hydrogen-bond acceptors (Lipinski definition) is 4. The number of thioether (sulfide) groups is 1. The van der Waals surface area contributed by atoms with Gasteiger partial charge in [-0.25, -0.2) is 0 Å². The lowest BCUT2D eigenvalue weighted by Gasteiger charge is -1.99. The second kappa shape index (κ2) is 16.9. The minimum Gasteiger partial charge on any atom is -0.330 e. The van der Waals surface area contributed by atoms with Crippen molar-refractivity contribution < 1.29 is 4.79 Å². The number of carbonyl (C=O) groups is 1. The second-order valence-corrected chi connectivity index (χ2v) is 4.11. The normalized spacial score (nSPS) is 8.93. The van der Waals surface area contributed by atoms with Crippen LogP contribution >= 0.6 is 36.6 Å². The molecule has 0 saturated carbocycles. The van der Waals surface area contributed by atoms with E-state index in [9.17, 15) is 4.79 Å². The van der Waals surface area contributed by atoms with E-state index < -0.39 is 0 Å². The molecule has 0 aliphatic heterocycles. The Hall–Kier alpha value is 0.520. The highest BCUT2D eigenvalue weighted by Gasteiger charge is 2.00. The van der Waals surface area contributed by atoms with E-state index in [1.165, 1.54) is 11.8 Å². The van der Waals surface area contributed by atoms with Crippen molar-refractivity contribution in [3.63, 3.8) is 0 Å². The van der Waals surface area contributed by atoms with E-state index in [1.807, 2.05) is 0 Å². The molecule has 0 unspecified atom stereocenters. The summed E-state index contributed by atoms with van der Waals surface area (Å²) in [6.07, 6.45) is 4.73. The lowest BCUT2D eigenvalue weighted by atomic mass is 10.2. The van der Waals surface area contributed by atoms with Crippen molar-refractivity contribution in [3.05, 3.63) is 0 Å². The zero-order chi connectivity index (χ0) is 9.94. The van der Waals surface area contributed by atoms with Crippen molar-refractivity contribution in [1.29, 1.82) is 0 Å². The first-order valence-corrected chi connectivity index (χ1v) is 5.85. The van der Waals surface area contributed by atoms with Gasteiger partial charge in [0.05, 0.1) is 0 Å². The van der Waals surface area contributed by atoms with Crippen molar-refractivity contribution >= 4 is 41.7 Å². The molecule has 0 bridgehead atoms. The number of nitrogens with two attached hydrogens (primary N) is 2. The van der Waals surface area contributed by atoms with Crippen molar-refractivity contribution in [2.75, 3.05) is 18.8 Å². The van der Waals surface area contributed by atoms with Crippen molar-refractivity contribution in [2.45, 2.75) is 32.1 Å². The van der Waals surface area contributed by atoms with Gasteiger partial charge in [-0.15, -0.1) is 24.8 Å². The Balaban J connectivity index is -0.000000720. The number of unbranched alkanes of at least 4 members (excludes halogenated alkanes) is 2. The SMILES string of the molecule is Cl.Cl.NCCCCCSC(=O)CCCN. The highest BCUT2D eigenvalue weighted by Crippen LogP contribution is 2.10. The topological polar surface area (TPSA) is 69.1 Å². The van der Waals surface area contributed by atoms with Crippen LogP contribution in [0.5, 0.6) is 0 Å². The van der Waals surface area contributed by atoms with Gasteiger partial charge in [-0.2, -0.15) is 0 Å². The van der Waals surface area contributed by atoms with Crippen molar-refractivity contribution in [2.24, 2.45) is 11.5 Å². The predicted molar refractivity (Wildman–Crippen MR) is 73.2 cm³/mol. The largest absolute Gasteiger partial charge is 0.330 e. The van der Waals surface area contributed by atoms with Crippen molar-refractivity contribution in [1.82, 2.24) is 0 Å². The zero-order valence-corrected chi connectivity index (χ0v) is 11.4. The molecule has 0 aromatic rings. The molecule has 0 fully saturated rings. The average molecular weight is 277 g/mol. The summed E-state index contributed by atoms with van der Waals surface area (Å²) < 4.78 is 0. The van der Waals surface area contributed by atoms with Crippen LogP contribution in [-0.2, 0) is 4.79 Å². The first kappa shape index (κ1) is 20.9. The van der Waals surface area contributed by atoms with Crippen LogP contribution in [0.25, 0.3) is 0 Å². The first-order chi connectivity index (χ1) is 6.31. The molecule has 94 valence electrons. The second-order valence-electron chi connectivity index (χ2n) is 2.96. The third kappa shape index (κ3) is 17.2. The lowest BCUT2D eigenvalue weighted by molar-refractivity contribution is -0.111. The smallest absolute Gasteiger partial charge is 0.188 e. The standard InChI is InChI=1S/C9H20N2OS.2ClH/c10-6-2-1-3-8-13-9(12)5-4-7-11;;/h1-8,10-11H2;2*1H. The molecule has 6 heteroatoms. The molecule has 0 aliphatic rings. The Morgan fingerprint density at radius 1 is 0.933 bits per heavy atom. The fourth-order valence-corrected chi connectivity index (χ4v) is 1.79. The van der Waals surface area contributed by atoms with Crippen LogP contribution in [0.2, 0.25) is 0 Å². The number of rotatable bonds is 8. The van der Waals surface area contributed by atoms with Crippen LogP contribution in [0.1, 0.15) is 32.1 Å². The van der Waals surface area contributed by atoms with Gasteiger partial charge in [-0.1, -0.05) is 18.2 Å². The van der Waals surface area contributed by atoms with Gasteiger partial charge in [0.2, 0.25) is 0 Å². The van der Waals surface area contributed by atoms with Crippen LogP contribution in [0, 0.1) is 0 Å². The Labute approximate surface area is 109 Å². The Bertz CT molecular complexity index is 139. The maximum atomic E-state index is 11.1. The van der Waals surface area contributed by atoms with E-state index in [-0.39, 0.29) is 29.9 Å². The highest BCUT2D eigenvalue weighted by molar-refractivity contribution is 8.13. The van der Waals surface area contributed by atoms with Crippen LogP contribution in [0.3, 0.4) is 0 Å². The van der Waals surface area contributed by atoms with Gasteiger partial charge in [-0.3, -0.25) is 4.79 Å². The summed E-state index contributed by atoms with van der Waals surface area (Å²) in [4.78, 5) is 11.1. The monoisotopic (exact) mass is 276 g/mol. The fraction of sp³-hybridized carbons (Fsp3) is 0.889. The third-order valence-corrected chi connectivity index (χ3v) is 2.72. The molecule has 0 aliphatic carbocycles. The number of carbonyl (C=O) groups excluding carboxylic acids is 1. The molecule has 0 amide bonds. The van der Waals surface area contributed by atoms with Gasteiger partial charge in [0.15, 0.2) is 5.12 Å². The molecule has 0 heterocycles. The van der Waals surface area contributed by atoms with Crippen LogP contribution in [0.4, 0.5) is 0 Å². The summed E-state index contributed by atoms with van der Waals surface area (Å²) in [5, 5.41) is 0.276. The number of halogens is 2. The van der Waals surface area contributed by atoms with Gasteiger partial charge in [-0.05, 0) is 32.4 Å². The van der Waals surface area contributed by atoms with Gasteiger partial charge >= 0.3 is 0 Å². The molecule has 0 atom stereocenters. The summed E-state index contributed by atoms with van der Waals surface area (Å²) >= 11 is 1.43. The first-order valence-electron chi connectivity index (χ1n) is 4.87. The Kier molecular flexibility index (Phi) is 23.6. The molecule has 0 radical (unpaired) electrons. The van der Waals surface area contributed by atoms with Gasteiger partial charge in [0.25, 0.3) is 0 Å². The molecule has 0 spiro atoms. The fourth-order valence-electron chi connectivity index (χ4n) is 0.928. The van der Waals surface area contributed by atoms with E-state index in [0.29, 0.717) is 13.0 Å². The summed E-state index contributed by atoms with van der Waals surface area (Å²) in [6.45, 7) is 1.37. The van der Waals surface area contributed by atoms with E-state index in [0.717, 1.165) is 38.0 Å². The Morgan fingerprint density at radius 2 is 1.53 bits per heavy atom. The Morgan fingerprint density at radius 3 is 2.07 bits per heavy atom. The van der Waals surface area contributed by atoms with Crippen molar-refractivity contribution in [3.8, 4) is 0 Å². The quantitative estimate of drug-likeness (QED) is 0.665. The summed E-state index contributed by atoms with van der Waals surface area (Å²) in [6, 6.07) is 0. The molecular weight excluding hydrogens is 255 g/mol. The van der Waals surface area contributed by atoms with Crippen LogP contribution < -0.4 is 11.5 Å². The molecule has 0 saturated heterocycles. The van der Waals surface area contributed by atoms with Crippen LogP contribution in [-0.4, -0.2) is 24.0 Å². The highest BCUT2D eigenvalue weighted by atomic mass is 35.5. The predicted octanol–water partition coefficient (Wildman–Crippen LogP) is 1.96. The maximum absolute atomic E-state index is 11.1.